The number of aliphatic imine (C=N–C) groups is 1. The van der Waals surface area contributed by atoms with Crippen LogP contribution in [-0.2, 0) is 0 Å². The fraction of sp³-hybridized carbons (Fsp3) is 0.111. The van der Waals surface area contributed by atoms with Gasteiger partial charge in [0, 0.05) is 0 Å². The minimum Gasteiger partial charge on any atom is -0.271 e. The van der Waals surface area contributed by atoms with E-state index >= 15 is 0 Å². The number of nitrogens with one attached hydrogen (secondary N) is 1. The van der Waals surface area contributed by atoms with Crippen LogP contribution in [0.3, 0.4) is 0 Å². The molecule has 0 heterocycles. The van der Waals surface area contributed by atoms with Crippen molar-refractivity contribution in [2.75, 3.05) is 6.26 Å². The van der Waals surface area contributed by atoms with Crippen LogP contribution in [0.5, 0.6) is 0 Å². The Morgan fingerprint density at radius 2 is 2.06 bits per heavy atom. The first kappa shape index (κ1) is 12.4. The summed E-state index contributed by atoms with van der Waals surface area (Å²) in [5, 5.41) is 10.6. The van der Waals surface area contributed by atoms with Crippen LogP contribution in [0.2, 0.25) is 0 Å². The number of hydrogen-bond donors (Lipinski definition) is 1. The minimum atomic E-state index is -1.58. The standard InChI is InChI=1S/C9H6F3N3S/c1-16-9(14-4-13)15-6-3-2-5(10)7(11)8(6)12/h2-3H,1H3,(H,14,15). The molecular formula is C9H6F3N3S. The fourth-order valence-corrected chi connectivity index (χ4v) is 1.22. The number of thioether (sulfide) groups is 1. The van der Waals surface area contributed by atoms with Crippen LogP contribution < -0.4 is 5.32 Å². The van der Waals surface area contributed by atoms with Gasteiger partial charge in [0.05, 0.1) is 0 Å². The summed E-state index contributed by atoms with van der Waals surface area (Å²) in [6.45, 7) is 0. The first-order valence-electron chi connectivity index (χ1n) is 4.01. The highest BCUT2D eigenvalue weighted by Gasteiger charge is 2.13. The van der Waals surface area contributed by atoms with Crippen molar-refractivity contribution in [2.45, 2.75) is 0 Å². The third kappa shape index (κ3) is 2.67. The molecule has 0 aromatic heterocycles. The second-order valence-corrected chi connectivity index (χ2v) is 3.35. The highest BCUT2D eigenvalue weighted by Crippen LogP contribution is 2.23. The normalized spacial score (nSPS) is 11.1. The molecule has 1 aromatic rings. The van der Waals surface area contributed by atoms with E-state index in [4.69, 9.17) is 5.26 Å². The van der Waals surface area contributed by atoms with Crippen molar-refractivity contribution in [3.05, 3.63) is 29.6 Å². The lowest BCUT2D eigenvalue weighted by Gasteiger charge is -2.02. The first-order valence-corrected chi connectivity index (χ1v) is 5.24. The maximum absolute atomic E-state index is 13.2. The Morgan fingerprint density at radius 3 is 2.62 bits per heavy atom. The number of benzene rings is 1. The summed E-state index contributed by atoms with van der Waals surface area (Å²) in [7, 11) is 0. The van der Waals surface area contributed by atoms with Crippen LogP contribution in [0.15, 0.2) is 17.1 Å². The van der Waals surface area contributed by atoms with Gasteiger partial charge in [0.25, 0.3) is 0 Å². The second kappa shape index (κ2) is 5.42. The summed E-state index contributed by atoms with van der Waals surface area (Å²) >= 11 is 1.04. The summed E-state index contributed by atoms with van der Waals surface area (Å²) in [6.07, 6.45) is 3.19. The third-order valence-corrected chi connectivity index (χ3v) is 2.17. The summed E-state index contributed by atoms with van der Waals surface area (Å²) in [5.41, 5.74) is -0.369. The highest BCUT2D eigenvalue weighted by atomic mass is 32.2. The fourth-order valence-electron chi connectivity index (χ4n) is 0.884. The molecule has 0 fully saturated rings. The number of amidine groups is 1. The van der Waals surface area contributed by atoms with Gasteiger partial charge >= 0.3 is 0 Å². The van der Waals surface area contributed by atoms with Crippen molar-refractivity contribution in [3.63, 3.8) is 0 Å². The summed E-state index contributed by atoms with van der Waals surface area (Å²) < 4.78 is 38.6. The molecule has 0 saturated heterocycles. The average molecular weight is 245 g/mol. The van der Waals surface area contributed by atoms with Gasteiger partial charge in [0.2, 0.25) is 0 Å². The van der Waals surface area contributed by atoms with Gasteiger partial charge in [0.1, 0.15) is 5.69 Å². The molecule has 0 saturated carbocycles. The van der Waals surface area contributed by atoms with Crippen LogP contribution >= 0.6 is 11.8 Å². The maximum Gasteiger partial charge on any atom is 0.196 e. The molecule has 0 aliphatic carbocycles. The van der Waals surface area contributed by atoms with Crippen molar-refractivity contribution < 1.29 is 13.2 Å². The molecule has 84 valence electrons. The van der Waals surface area contributed by atoms with E-state index in [2.05, 4.69) is 10.3 Å². The lowest BCUT2D eigenvalue weighted by atomic mass is 10.3. The van der Waals surface area contributed by atoms with Crippen LogP contribution in [-0.4, -0.2) is 11.4 Å². The predicted octanol–water partition coefficient (Wildman–Crippen LogP) is 2.53. The van der Waals surface area contributed by atoms with E-state index in [-0.39, 0.29) is 10.9 Å². The molecule has 0 spiro atoms. The zero-order chi connectivity index (χ0) is 12.1. The van der Waals surface area contributed by atoms with Gasteiger partial charge in [-0.2, -0.15) is 5.26 Å². The van der Waals surface area contributed by atoms with E-state index in [0.717, 1.165) is 23.9 Å². The SMILES string of the molecule is CSC(=Nc1ccc(F)c(F)c1F)NC#N. The number of nitriles is 1. The van der Waals surface area contributed by atoms with Crippen molar-refractivity contribution >= 4 is 22.6 Å². The van der Waals surface area contributed by atoms with Crippen molar-refractivity contribution in [1.82, 2.24) is 5.32 Å². The van der Waals surface area contributed by atoms with Crippen LogP contribution in [0, 0.1) is 28.9 Å². The predicted molar refractivity (Wildman–Crippen MR) is 55.7 cm³/mol. The van der Waals surface area contributed by atoms with Gasteiger partial charge < -0.3 is 0 Å². The smallest absolute Gasteiger partial charge is 0.196 e. The number of hydrogen-bond acceptors (Lipinski definition) is 3. The largest absolute Gasteiger partial charge is 0.271 e. The van der Waals surface area contributed by atoms with E-state index < -0.39 is 17.5 Å². The average Bonchev–Trinajstić information content (AvgIpc) is 2.29. The number of nitrogens with zero attached hydrogens (tertiary/aromatic N) is 2. The molecule has 1 rings (SSSR count). The van der Waals surface area contributed by atoms with Gasteiger partial charge in [-0.3, -0.25) is 5.32 Å². The molecule has 0 aliphatic rings. The Bertz CT molecular complexity index is 468. The Labute approximate surface area is 94.0 Å². The quantitative estimate of drug-likeness (QED) is 0.272. The molecule has 0 unspecified atom stereocenters. The Hall–Kier alpha value is -1.68. The maximum atomic E-state index is 13.2. The van der Waals surface area contributed by atoms with Crippen molar-refractivity contribution in [3.8, 4) is 6.19 Å². The topological polar surface area (TPSA) is 48.2 Å². The minimum absolute atomic E-state index is 0.0902. The Morgan fingerprint density at radius 1 is 1.38 bits per heavy atom. The molecule has 1 N–H and O–H groups in total. The monoisotopic (exact) mass is 245 g/mol. The third-order valence-electron chi connectivity index (χ3n) is 1.59. The Kier molecular flexibility index (Phi) is 4.19. The van der Waals surface area contributed by atoms with Gasteiger partial charge in [-0.15, -0.1) is 0 Å². The van der Waals surface area contributed by atoms with Gasteiger partial charge in [0.15, 0.2) is 28.8 Å². The molecule has 0 bridgehead atoms. The van der Waals surface area contributed by atoms with Gasteiger partial charge in [-0.25, -0.2) is 18.2 Å². The van der Waals surface area contributed by atoms with E-state index in [1.165, 1.54) is 0 Å². The number of halogens is 3. The molecule has 0 aliphatic heterocycles. The second-order valence-electron chi connectivity index (χ2n) is 2.55. The van der Waals surface area contributed by atoms with E-state index in [9.17, 15) is 13.2 Å². The first-order chi connectivity index (χ1) is 7.60. The van der Waals surface area contributed by atoms with E-state index in [0.29, 0.717) is 0 Å². The van der Waals surface area contributed by atoms with Crippen LogP contribution in [0.25, 0.3) is 0 Å². The van der Waals surface area contributed by atoms with Gasteiger partial charge in [-0.1, -0.05) is 11.8 Å². The molecule has 1 aromatic carbocycles. The summed E-state index contributed by atoms with van der Waals surface area (Å²) in [6, 6.07) is 1.75. The van der Waals surface area contributed by atoms with Crippen LogP contribution in [0.1, 0.15) is 0 Å². The van der Waals surface area contributed by atoms with Gasteiger partial charge in [-0.05, 0) is 18.4 Å². The zero-order valence-corrected chi connectivity index (χ0v) is 8.91. The van der Waals surface area contributed by atoms with Crippen LogP contribution in [0.4, 0.5) is 18.9 Å². The van der Waals surface area contributed by atoms with E-state index in [1.54, 1.807) is 12.4 Å². The molecule has 0 radical (unpaired) electrons. The molecule has 7 heteroatoms. The lowest BCUT2D eigenvalue weighted by Crippen LogP contribution is -2.12. The number of rotatable bonds is 1. The van der Waals surface area contributed by atoms with Crippen molar-refractivity contribution in [2.24, 2.45) is 4.99 Å². The molecule has 3 nitrogen and oxygen atoms in total. The molecular weight excluding hydrogens is 239 g/mol. The summed E-state index contributed by atoms with van der Waals surface area (Å²) in [5.74, 6) is -4.25. The lowest BCUT2D eigenvalue weighted by molar-refractivity contribution is 0.448. The molecule has 16 heavy (non-hydrogen) atoms. The van der Waals surface area contributed by atoms with Crippen molar-refractivity contribution in [1.29, 1.82) is 5.26 Å². The van der Waals surface area contributed by atoms with E-state index in [1.807, 2.05) is 0 Å². The highest BCUT2D eigenvalue weighted by molar-refractivity contribution is 8.13. The zero-order valence-electron chi connectivity index (χ0n) is 8.09. The Balaban J connectivity index is 3.15. The molecule has 0 amide bonds. The molecule has 0 atom stereocenters. The summed E-state index contributed by atoms with van der Waals surface area (Å²) in [4.78, 5) is 3.63.